The van der Waals surface area contributed by atoms with Crippen molar-refractivity contribution in [3.05, 3.63) is 59.7 Å². The van der Waals surface area contributed by atoms with Crippen LogP contribution in [-0.4, -0.2) is 16.7 Å². The molecule has 2 aromatic carbocycles. The molecule has 0 aliphatic heterocycles. The Morgan fingerprint density at radius 2 is 1.84 bits per heavy atom. The van der Waals surface area contributed by atoms with Crippen LogP contribution in [0.25, 0.3) is 11.1 Å². The molecule has 1 aromatic heterocycles. The summed E-state index contributed by atoms with van der Waals surface area (Å²) in [6.45, 7) is 6.79. The standard InChI is InChI=1S/C20H21NO3S/c1-20(2,3)15-10-8-14(9-11-15)12-23-18(22)13-25-19-21-16-6-4-5-7-17(16)24-19/h4-11H,12-13H2,1-3H3. The minimum atomic E-state index is -0.285. The van der Waals surface area contributed by atoms with Gasteiger partial charge < -0.3 is 9.15 Å². The summed E-state index contributed by atoms with van der Waals surface area (Å²) in [5.74, 6) is -0.112. The van der Waals surface area contributed by atoms with E-state index in [1.807, 2.05) is 36.4 Å². The second-order valence-electron chi connectivity index (χ2n) is 6.84. The van der Waals surface area contributed by atoms with Gasteiger partial charge >= 0.3 is 5.97 Å². The number of hydrogen-bond acceptors (Lipinski definition) is 5. The molecule has 0 saturated heterocycles. The van der Waals surface area contributed by atoms with E-state index in [0.717, 1.165) is 16.7 Å². The second kappa shape index (κ2) is 7.31. The Balaban J connectivity index is 1.49. The average molecular weight is 355 g/mol. The van der Waals surface area contributed by atoms with Crippen molar-refractivity contribution in [3.63, 3.8) is 0 Å². The van der Waals surface area contributed by atoms with Gasteiger partial charge in [-0.1, -0.05) is 68.9 Å². The topological polar surface area (TPSA) is 52.3 Å². The molecule has 1 heterocycles. The van der Waals surface area contributed by atoms with Crippen LogP contribution < -0.4 is 0 Å². The van der Waals surface area contributed by atoms with Crippen molar-refractivity contribution >= 4 is 28.8 Å². The van der Waals surface area contributed by atoms with Crippen molar-refractivity contribution in [3.8, 4) is 0 Å². The molecule has 25 heavy (non-hydrogen) atoms. The fourth-order valence-electron chi connectivity index (χ4n) is 2.34. The van der Waals surface area contributed by atoms with E-state index >= 15 is 0 Å². The van der Waals surface area contributed by atoms with Gasteiger partial charge in [0, 0.05) is 0 Å². The van der Waals surface area contributed by atoms with Gasteiger partial charge in [0.2, 0.25) is 0 Å². The van der Waals surface area contributed by atoms with E-state index in [-0.39, 0.29) is 23.7 Å². The van der Waals surface area contributed by atoms with Crippen molar-refractivity contribution in [2.24, 2.45) is 0 Å². The van der Waals surface area contributed by atoms with Crippen molar-refractivity contribution in [1.82, 2.24) is 4.98 Å². The number of fused-ring (bicyclic) bond motifs is 1. The molecule has 3 rings (SSSR count). The van der Waals surface area contributed by atoms with E-state index in [0.29, 0.717) is 5.22 Å². The first-order valence-electron chi connectivity index (χ1n) is 8.15. The molecule has 0 atom stereocenters. The summed E-state index contributed by atoms with van der Waals surface area (Å²) in [5, 5.41) is 0.479. The van der Waals surface area contributed by atoms with Crippen LogP contribution in [0.3, 0.4) is 0 Å². The summed E-state index contributed by atoms with van der Waals surface area (Å²) in [6, 6.07) is 15.7. The molecule has 5 heteroatoms. The highest BCUT2D eigenvalue weighted by Gasteiger charge is 2.13. The highest BCUT2D eigenvalue weighted by atomic mass is 32.2. The predicted octanol–water partition coefficient (Wildman–Crippen LogP) is 4.96. The third-order valence-corrected chi connectivity index (χ3v) is 4.61. The molecule has 130 valence electrons. The quantitative estimate of drug-likeness (QED) is 0.478. The molecular formula is C20H21NO3S. The number of benzene rings is 2. The summed E-state index contributed by atoms with van der Waals surface area (Å²) in [5.41, 5.74) is 3.86. The minimum Gasteiger partial charge on any atom is -0.460 e. The molecule has 0 amide bonds. The molecular weight excluding hydrogens is 334 g/mol. The Bertz CT molecular complexity index is 830. The lowest BCUT2D eigenvalue weighted by Crippen LogP contribution is -2.11. The van der Waals surface area contributed by atoms with Gasteiger partial charge in [0.1, 0.15) is 17.9 Å². The maximum atomic E-state index is 11.9. The molecule has 0 fully saturated rings. The maximum Gasteiger partial charge on any atom is 0.316 e. The molecule has 0 radical (unpaired) electrons. The number of nitrogens with zero attached hydrogens (tertiary/aromatic N) is 1. The van der Waals surface area contributed by atoms with Crippen molar-refractivity contribution in [2.75, 3.05) is 5.75 Å². The van der Waals surface area contributed by atoms with E-state index in [1.165, 1.54) is 17.3 Å². The van der Waals surface area contributed by atoms with E-state index in [1.54, 1.807) is 0 Å². The van der Waals surface area contributed by atoms with Crippen LogP contribution in [0.15, 0.2) is 58.2 Å². The number of aromatic nitrogens is 1. The Morgan fingerprint density at radius 3 is 2.52 bits per heavy atom. The minimum absolute atomic E-state index is 0.116. The normalized spacial score (nSPS) is 11.6. The number of para-hydroxylation sites is 2. The van der Waals surface area contributed by atoms with Crippen LogP contribution in [0.1, 0.15) is 31.9 Å². The molecule has 0 aliphatic carbocycles. The van der Waals surface area contributed by atoms with Crippen LogP contribution >= 0.6 is 11.8 Å². The van der Waals surface area contributed by atoms with Gasteiger partial charge in [-0.05, 0) is 28.7 Å². The number of esters is 1. The summed E-state index contributed by atoms with van der Waals surface area (Å²) in [7, 11) is 0. The molecule has 0 aliphatic rings. The average Bonchev–Trinajstić information content (AvgIpc) is 3.00. The van der Waals surface area contributed by atoms with Gasteiger partial charge in [-0.3, -0.25) is 4.79 Å². The van der Waals surface area contributed by atoms with Crippen molar-refractivity contribution in [2.45, 2.75) is 38.0 Å². The maximum absolute atomic E-state index is 11.9. The highest BCUT2D eigenvalue weighted by Crippen LogP contribution is 2.24. The van der Waals surface area contributed by atoms with Gasteiger partial charge in [-0.2, -0.15) is 0 Å². The first kappa shape index (κ1) is 17.5. The Kier molecular flexibility index (Phi) is 5.13. The molecule has 0 spiro atoms. The van der Waals surface area contributed by atoms with Crippen molar-refractivity contribution in [1.29, 1.82) is 0 Å². The number of rotatable bonds is 5. The number of oxazole rings is 1. The van der Waals surface area contributed by atoms with Gasteiger partial charge in [0.05, 0.1) is 0 Å². The fourth-order valence-corrected chi connectivity index (χ4v) is 2.98. The summed E-state index contributed by atoms with van der Waals surface area (Å²) in [6.07, 6.45) is 0. The third kappa shape index (κ3) is 4.63. The number of thioether (sulfide) groups is 1. The molecule has 4 nitrogen and oxygen atoms in total. The van der Waals surface area contributed by atoms with Gasteiger partial charge in [-0.25, -0.2) is 4.98 Å². The van der Waals surface area contributed by atoms with Crippen LogP contribution in [0.2, 0.25) is 0 Å². The number of carbonyl (C=O) groups is 1. The predicted molar refractivity (Wildman–Crippen MR) is 99.7 cm³/mol. The lowest BCUT2D eigenvalue weighted by atomic mass is 9.87. The SMILES string of the molecule is CC(C)(C)c1ccc(COC(=O)CSc2nc3ccccc3o2)cc1. The monoisotopic (exact) mass is 355 g/mol. The third-order valence-electron chi connectivity index (χ3n) is 3.81. The van der Waals surface area contributed by atoms with Crippen molar-refractivity contribution < 1.29 is 13.9 Å². The van der Waals surface area contributed by atoms with Crippen LogP contribution in [-0.2, 0) is 21.6 Å². The van der Waals surface area contributed by atoms with E-state index < -0.39 is 0 Å². The van der Waals surface area contributed by atoms with E-state index in [2.05, 4.69) is 37.9 Å². The molecule has 0 saturated carbocycles. The molecule has 0 N–H and O–H groups in total. The summed E-state index contributed by atoms with van der Waals surface area (Å²) in [4.78, 5) is 16.2. The van der Waals surface area contributed by atoms with Crippen LogP contribution in [0.5, 0.6) is 0 Å². The van der Waals surface area contributed by atoms with Crippen LogP contribution in [0.4, 0.5) is 0 Å². The molecule has 3 aromatic rings. The summed E-state index contributed by atoms with van der Waals surface area (Å²) < 4.78 is 10.9. The Hall–Kier alpha value is -2.27. The lowest BCUT2D eigenvalue weighted by Gasteiger charge is -2.19. The largest absolute Gasteiger partial charge is 0.460 e. The Morgan fingerprint density at radius 1 is 1.12 bits per heavy atom. The number of hydrogen-bond donors (Lipinski definition) is 0. The Labute approximate surface area is 151 Å². The highest BCUT2D eigenvalue weighted by molar-refractivity contribution is 7.99. The fraction of sp³-hybridized carbons (Fsp3) is 0.300. The molecule has 0 unspecified atom stereocenters. The molecule has 0 bridgehead atoms. The van der Waals surface area contributed by atoms with E-state index in [9.17, 15) is 4.79 Å². The zero-order chi connectivity index (χ0) is 17.9. The number of ether oxygens (including phenoxy) is 1. The van der Waals surface area contributed by atoms with E-state index in [4.69, 9.17) is 9.15 Å². The van der Waals surface area contributed by atoms with Gasteiger partial charge in [0.25, 0.3) is 5.22 Å². The smallest absolute Gasteiger partial charge is 0.316 e. The number of carbonyl (C=O) groups excluding carboxylic acids is 1. The van der Waals surface area contributed by atoms with Gasteiger partial charge in [0.15, 0.2) is 5.58 Å². The second-order valence-corrected chi connectivity index (χ2v) is 7.77. The summed E-state index contributed by atoms with van der Waals surface area (Å²) >= 11 is 1.24. The zero-order valence-corrected chi connectivity index (χ0v) is 15.4. The zero-order valence-electron chi connectivity index (χ0n) is 14.6. The lowest BCUT2D eigenvalue weighted by molar-refractivity contribution is -0.141. The first-order valence-corrected chi connectivity index (χ1v) is 9.14. The van der Waals surface area contributed by atoms with Gasteiger partial charge in [-0.15, -0.1) is 0 Å². The first-order chi connectivity index (χ1) is 11.9. The van der Waals surface area contributed by atoms with Crippen LogP contribution in [0, 0.1) is 0 Å².